The highest BCUT2D eigenvalue weighted by Crippen LogP contribution is 2.25. The van der Waals surface area contributed by atoms with E-state index in [1.807, 2.05) is 17.8 Å². The van der Waals surface area contributed by atoms with Gasteiger partial charge in [-0.25, -0.2) is 4.39 Å². The molecular formula is C16H27FN2S. The van der Waals surface area contributed by atoms with Crippen molar-refractivity contribution in [2.75, 3.05) is 24.0 Å². The van der Waals surface area contributed by atoms with E-state index in [0.29, 0.717) is 6.04 Å². The standard InChI is InChI=1S/C16H27FN2S/c1-5-14(18)10-12-9-13(17)7-8-16(12)19(3)15(6-2)11-20-4/h7-9,14-15H,5-6,10-11,18H2,1-4H3. The SMILES string of the molecule is CCC(N)Cc1cc(F)ccc1N(C)C(CC)CSC. The van der Waals surface area contributed by atoms with Crippen molar-refractivity contribution in [3.05, 3.63) is 29.6 Å². The monoisotopic (exact) mass is 298 g/mol. The normalized spacial score (nSPS) is 14.1. The number of hydrogen-bond acceptors (Lipinski definition) is 3. The number of thioether (sulfide) groups is 1. The first-order valence-electron chi connectivity index (χ1n) is 7.29. The Morgan fingerprint density at radius 3 is 2.55 bits per heavy atom. The van der Waals surface area contributed by atoms with Crippen LogP contribution in [0.4, 0.5) is 10.1 Å². The lowest BCUT2D eigenvalue weighted by molar-refractivity contribution is 0.609. The molecule has 0 aliphatic heterocycles. The summed E-state index contributed by atoms with van der Waals surface area (Å²) in [7, 11) is 2.10. The van der Waals surface area contributed by atoms with Crippen molar-refractivity contribution in [1.82, 2.24) is 0 Å². The maximum atomic E-state index is 13.5. The van der Waals surface area contributed by atoms with Gasteiger partial charge in [0.2, 0.25) is 0 Å². The van der Waals surface area contributed by atoms with E-state index in [2.05, 4.69) is 32.1 Å². The van der Waals surface area contributed by atoms with Crippen molar-refractivity contribution >= 4 is 17.4 Å². The third kappa shape index (κ3) is 4.67. The predicted octanol–water partition coefficient (Wildman–Crippen LogP) is 3.68. The number of hydrogen-bond donors (Lipinski definition) is 1. The number of nitrogens with two attached hydrogens (primary N) is 1. The van der Waals surface area contributed by atoms with Gasteiger partial charge in [0.1, 0.15) is 5.82 Å². The number of benzene rings is 1. The minimum absolute atomic E-state index is 0.0876. The van der Waals surface area contributed by atoms with Gasteiger partial charge in [0.15, 0.2) is 0 Å². The van der Waals surface area contributed by atoms with Crippen LogP contribution in [-0.2, 0) is 6.42 Å². The predicted molar refractivity (Wildman–Crippen MR) is 89.2 cm³/mol. The third-order valence-corrected chi connectivity index (χ3v) is 4.52. The maximum absolute atomic E-state index is 13.5. The Morgan fingerprint density at radius 1 is 1.30 bits per heavy atom. The molecule has 0 saturated carbocycles. The van der Waals surface area contributed by atoms with Crippen molar-refractivity contribution in [2.45, 2.75) is 45.2 Å². The first-order valence-corrected chi connectivity index (χ1v) is 8.68. The van der Waals surface area contributed by atoms with E-state index < -0.39 is 0 Å². The van der Waals surface area contributed by atoms with Gasteiger partial charge in [-0.1, -0.05) is 13.8 Å². The first kappa shape index (κ1) is 17.3. The van der Waals surface area contributed by atoms with E-state index in [1.165, 1.54) is 0 Å². The zero-order chi connectivity index (χ0) is 15.1. The molecule has 114 valence electrons. The molecule has 0 aromatic heterocycles. The fourth-order valence-electron chi connectivity index (χ4n) is 2.38. The van der Waals surface area contributed by atoms with Crippen LogP contribution in [0.25, 0.3) is 0 Å². The second-order valence-electron chi connectivity index (χ2n) is 5.27. The second-order valence-corrected chi connectivity index (χ2v) is 6.18. The average molecular weight is 298 g/mol. The van der Waals surface area contributed by atoms with Gasteiger partial charge in [-0.15, -0.1) is 0 Å². The van der Waals surface area contributed by atoms with E-state index in [9.17, 15) is 4.39 Å². The number of anilines is 1. The summed E-state index contributed by atoms with van der Waals surface area (Å²) in [6.45, 7) is 4.26. The first-order chi connectivity index (χ1) is 9.53. The lowest BCUT2D eigenvalue weighted by Crippen LogP contribution is -2.34. The Hall–Kier alpha value is -0.740. The van der Waals surface area contributed by atoms with Crippen LogP contribution in [0.2, 0.25) is 0 Å². The Bertz CT molecular complexity index is 411. The summed E-state index contributed by atoms with van der Waals surface area (Å²) >= 11 is 1.84. The van der Waals surface area contributed by atoms with Gasteiger partial charge in [0.05, 0.1) is 0 Å². The molecule has 1 aromatic carbocycles. The largest absolute Gasteiger partial charge is 0.371 e. The van der Waals surface area contributed by atoms with Crippen molar-refractivity contribution in [3.8, 4) is 0 Å². The summed E-state index contributed by atoms with van der Waals surface area (Å²) in [5, 5.41) is 0. The Labute approximate surface area is 126 Å². The molecular weight excluding hydrogens is 271 g/mol. The van der Waals surface area contributed by atoms with Gasteiger partial charge >= 0.3 is 0 Å². The highest BCUT2D eigenvalue weighted by atomic mass is 32.2. The van der Waals surface area contributed by atoms with Crippen LogP contribution in [0.15, 0.2) is 18.2 Å². The molecule has 20 heavy (non-hydrogen) atoms. The van der Waals surface area contributed by atoms with Gasteiger partial charge < -0.3 is 10.6 Å². The molecule has 0 spiro atoms. The van der Waals surface area contributed by atoms with Crippen molar-refractivity contribution in [1.29, 1.82) is 0 Å². The summed E-state index contributed by atoms with van der Waals surface area (Å²) in [5.41, 5.74) is 8.17. The second kappa shape index (κ2) is 8.53. The summed E-state index contributed by atoms with van der Waals surface area (Å²) in [4.78, 5) is 2.27. The lowest BCUT2D eigenvalue weighted by atomic mass is 10.0. The topological polar surface area (TPSA) is 29.3 Å². The van der Waals surface area contributed by atoms with Gasteiger partial charge in [-0.05, 0) is 49.3 Å². The van der Waals surface area contributed by atoms with Crippen LogP contribution >= 0.6 is 11.8 Å². The van der Waals surface area contributed by atoms with Crippen LogP contribution in [0.1, 0.15) is 32.3 Å². The van der Waals surface area contributed by atoms with Crippen LogP contribution in [0, 0.1) is 5.82 Å². The quantitative estimate of drug-likeness (QED) is 0.794. The molecule has 0 aliphatic carbocycles. The Kier molecular flexibility index (Phi) is 7.38. The number of halogens is 1. The third-order valence-electron chi connectivity index (χ3n) is 3.81. The van der Waals surface area contributed by atoms with Crippen LogP contribution in [-0.4, -0.2) is 31.1 Å². The molecule has 0 amide bonds. The smallest absolute Gasteiger partial charge is 0.123 e. The highest BCUT2D eigenvalue weighted by Gasteiger charge is 2.17. The van der Waals surface area contributed by atoms with Crippen LogP contribution < -0.4 is 10.6 Å². The number of nitrogens with zero attached hydrogens (tertiary/aromatic N) is 1. The molecule has 2 N–H and O–H groups in total. The summed E-state index contributed by atoms with van der Waals surface area (Å²) < 4.78 is 13.5. The molecule has 0 radical (unpaired) electrons. The zero-order valence-corrected chi connectivity index (χ0v) is 13.8. The van der Waals surface area contributed by atoms with Gasteiger partial charge in [-0.3, -0.25) is 0 Å². The fraction of sp³-hybridized carbons (Fsp3) is 0.625. The molecule has 0 saturated heterocycles. The summed E-state index contributed by atoms with van der Waals surface area (Å²) in [5.74, 6) is 0.891. The molecule has 0 aliphatic rings. The summed E-state index contributed by atoms with van der Waals surface area (Å²) in [6, 6.07) is 5.61. The Balaban J connectivity index is 3.02. The van der Waals surface area contributed by atoms with Crippen LogP contribution in [0.5, 0.6) is 0 Å². The van der Waals surface area contributed by atoms with Gasteiger partial charge in [-0.2, -0.15) is 11.8 Å². The lowest BCUT2D eigenvalue weighted by Gasteiger charge is -2.31. The molecule has 0 heterocycles. The van der Waals surface area contributed by atoms with E-state index in [1.54, 1.807) is 12.1 Å². The minimum atomic E-state index is -0.182. The van der Waals surface area contributed by atoms with Crippen molar-refractivity contribution in [2.24, 2.45) is 5.73 Å². The van der Waals surface area contributed by atoms with E-state index in [4.69, 9.17) is 5.73 Å². The fourth-order valence-corrected chi connectivity index (χ4v) is 3.23. The molecule has 2 atom stereocenters. The molecule has 2 unspecified atom stereocenters. The molecule has 0 bridgehead atoms. The summed E-state index contributed by atoms with van der Waals surface area (Å²) in [6.07, 6.45) is 4.83. The van der Waals surface area contributed by atoms with E-state index in [0.717, 1.165) is 36.3 Å². The molecule has 2 nitrogen and oxygen atoms in total. The number of rotatable bonds is 8. The molecule has 1 rings (SSSR count). The highest BCUT2D eigenvalue weighted by molar-refractivity contribution is 7.98. The van der Waals surface area contributed by atoms with Crippen LogP contribution in [0.3, 0.4) is 0 Å². The van der Waals surface area contributed by atoms with E-state index in [-0.39, 0.29) is 11.9 Å². The van der Waals surface area contributed by atoms with Gasteiger partial charge in [0, 0.05) is 30.6 Å². The Morgan fingerprint density at radius 2 is 2.00 bits per heavy atom. The maximum Gasteiger partial charge on any atom is 0.123 e. The van der Waals surface area contributed by atoms with Crippen molar-refractivity contribution < 1.29 is 4.39 Å². The zero-order valence-electron chi connectivity index (χ0n) is 13.0. The molecule has 0 fully saturated rings. The van der Waals surface area contributed by atoms with Gasteiger partial charge in [0.25, 0.3) is 0 Å². The molecule has 1 aromatic rings. The molecule has 4 heteroatoms. The van der Waals surface area contributed by atoms with E-state index >= 15 is 0 Å². The van der Waals surface area contributed by atoms with Crippen molar-refractivity contribution in [3.63, 3.8) is 0 Å². The average Bonchev–Trinajstić information content (AvgIpc) is 2.44. The minimum Gasteiger partial charge on any atom is -0.371 e.